The highest BCUT2D eigenvalue weighted by atomic mass is 19.1. The maximum atomic E-state index is 13.3. The number of fused-ring (bicyclic) bond motifs is 1. The molecule has 0 amide bonds. The first-order valence-electron chi connectivity index (χ1n) is 6.63. The molecule has 0 unspecified atom stereocenters. The van der Waals surface area contributed by atoms with E-state index in [1.54, 1.807) is 0 Å². The summed E-state index contributed by atoms with van der Waals surface area (Å²) < 4.78 is 13.3. The molecule has 0 aliphatic carbocycles. The molecule has 2 N–H and O–H groups in total. The average molecular weight is 272 g/mol. The van der Waals surface area contributed by atoms with Crippen LogP contribution in [0.1, 0.15) is 5.56 Å². The summed E-state index contributed by atoms with van der Waals surface area (Å²) in [5, 5.41) is 0. The highest BCUT2D eigenvalue weighted by Gasteiger charge is 2.23. The minimum absolute atomic E-state index is 0.272. The van der Waals surface area contributed by atoms with E-state index in [1.165, 1.54) is 12.3 Å². The average Bonchev–Trinajstić information content (AvgIpc) is 2.48. The van der Waals surface area contributed by atoms with Crippen LogP contribution in [0.25, 0.3) is 0 Å². The van der Waals surface area contributed by atoms with E-state index in [4.69, 9.17) is 5.73 Å². The lowest BCUT2D eigenvalue weighted by Gasteiger charge is -2.37. The molecule has 2 heterocycles. The topological polar surface area (TPSA) is 45.4 Å². The number of hydrogen-bond acceptors (Lipinski definition) is 4. The van der Waals surface area contributed by atoms with Crippen LogP contribution in [0.15, 0.2) is 36.5 Å². The number of aromatic nitrogens is 1. The lowest BCUT2D eigenvalue weighted by atomic mass is 10.1. The van der Waals surface area contributed by atoms with Gasteiger partial charge in [0, 0.05) is 32.2 Å². The van der Waals surface area contributed by atoms with Crippen molar-refractivity contribution in [3.63, 3.8) is 0 Å². The van der Waals surface area contributed by atoms with Crippen LogP contribution in [0.2, 0.25) is 0 Å². The zero-order valence-corrected chi connectivity index (χ0v) is 11.4. The number of likely N-dealkylation sites (N-methyl/N-ethyl adjacent to an activating group) is 1. The Bertz CT molecular complexity index is 629. The molecule has 1 aromatic carbocycles. The highest BCUT2D eigenvalue weighted by Crippen LogP contribution is 2.37. The number of nitrogens with zero attached hydrogens (tertiary/aromatic N) is 3. The van der Waals surface area contributed by atoms with E-state index in [-0.39, 0.29) is 12.4 Å². The molecule has 0 atom stereocenters. The van der Waals surface area contributed by atoms with Gasteiger partial charge >= 0.3 is 0 Å². The van der Waals surface area contributed by atoms with E-state index >= 15 is 0 Å². The lowest BCUT2D eigenvalue weighted by molar-refractivity contribution is 0.618. The zero-order chi connectivity index (χ0) is 14.1. The number of benzene rings is 1. The smallest absolute Gasteiger partial charge is 0.141 e. The third kappa shape index (κ3) is 2.10. The van der Waals surface area contributed by atoms with Crippen molar-refractivity contribution >= 4 is 17.2 Å². The molecular weight excluding hydrogens is 255 g/mol. The van der Waals surface area contributed by atoms with Gasteiger partial charge in [0.05, 0.1) is 17.6 Å². The van der Waals surface area contributed by atoms with Crippen molar-refractivity contribution in [1.82, 2.24) is 4.98 Å². The van der Waals surface area contributed by atoms with Gasteiger partial charge in [-0.15, -0.1) is 0 Å². The van der Waals surface area contributed by atoms with Crippen LogP contribution < -0.4 is 15.5 Å². The Morgan fingerprint density at radius 1 is 1.25 bits per heavy atom. The second-order valence-corrected chi connectivity index (χ2v) is 4.90. The fourth-order valence-corrected chi connectivity index (χ4v) is 2.59. The monoisotopic (exact) mass is 272 g/mol. The molecule has 5 heteroatoms. The van der Waals surface area contributed by atoms with Crippen molar-refractivity contribution in [2.75, 3.05) is 29.9 Å². The molecule has 4 nitrogen and oxygen atoms in total. The second-order valence-electron chi connectivity index (χ2n) is 4.90. The van der Waals surface area contributed by atoms with Crippen LogP contribution in [-0.2, 0) is 6.54 Å². The van der Waals surface area contributed by atoms with E-state index in [0.29, 0.717) is 0 Å². The Kier molecular flexibility index (Phi) is 3.28. The van der Waals surface area contributed by atoms with Gasteiger partial charge in [-0.1, -0.05) is 12.1 Å². The summed E-state index contributed by atoms with van der Waals surface area (Å²) in [6, 6.07) is 9.60. The summed E-state index contributed by atoms with van der Waals surface area (Å²) in [5.74, 6) is 0.395. The first-order chi connectivity index (χ1) is 9.70. The molecule has 0 spiro atoms. The third-order valence-electron chi connectivity index (χ3n) is 3.63. The van der Waals surface area contributed by atoms with Gasteiger partial charge in [0.1, 0.15) is 11.6 Å². The van der Waals surface area contributed by atoms with Gasteiger partial charge in [-0.3, -0.25) is 0 Å². The molecule has 104 valence electrons. The molecule has 3 rings (SSSR count). The quantitative estimate of drug-likeness (QED) is 0.911. The normalized spacial score (nSPS) is 14.3. The van der Waals surface area contributed by atoms with Gasteiger partial charge < -0.3 is 15.5 Å². The van der Waals surface area contributed by atoms with Crippen molar-refractivity contribution in [1.29, 1.82) is 0 Å². The van der Waals surface area contributed by atoms with Crippen LogP contribution in [0.5, 0.6) is 0 Å². The van der Waals surface area contributed by atoms with E-state index < -0.39 is 0 Å². The van der Waals surface area contributed by atoms with Crippen LogP contribution in [0.3, 0.4) is 0 Å². The van der Waals surface area contributed by atoms with E-state index in [2.05, 4.69) is 34.0 Å². The summed E-state index contributed by atoms with van der Waals surface area (Å²) in [6.45, 7) is 1.97. The molecule has 0 bridgehead atoms. The van der Waals surface area contributed by atoms with Gasteiger partial charge in [-0.2, -0.15) is 0 Å². The Hall–Kier alpha value is -2.14. The molecule has 0 saturated heterocycles. The van der Waals surface area contributed by atoms with E-state index in [1.807, 2.05) is 12.1 Å². The number of nitrogens with two attached hydrogens (primary N) is 1. The number of rotatable bonds is 2. The summed E-state index contributed by atoms with van der Waals surface area (Å²) in [6.07, 6.45) is 1.25. The lowest BCUT2D eigenvalue weighted by Crippen LogP contribution is -2.37. The summed E-state index contributed by atoms with van der Waals surface area (Å²) >= 11 is 0. The molecule has 1 aliphatic rings. The van der Waals surface area contributed by atoms with Gasteiger partial charge in [-0.05, 0) is 18.2 Å². The number of anilines is 3. The SMILES string of the molecule is CN1CCN(c2ncc(F)cc2CN)c2ccccc21. The van der Waals surface area contributed by atoms with Crippen molar-refractivity contribution in [2.24, 2.45) is 5.73 Å². The van der Waals surface area contributed by atoms with Crippen LogP contribution in [0.4, 0.5) is 21.6 Å². The molecule has 2 aromatic rings. The molecule has 1 aliphatic heterocycles. The van der Waals surface area contributed by atoms with Crippen LogP contribution in [-0.4, -0.2) is 25.1 Å². The number of hydrogen-bond donors (Lipinski definition) is 1. The Morgan fingerprint density at radius 3 is 2.75 bits per heavy atom. The summed E-state index contributed by atoms with van der Waals surface area (Å²) in [5.41, 5.74) is 8.68. The number of pyridine rings is 1. The standard InChI is InChI=1S/C15H17FN4/c1-19-6-7-20(14-5-3-2-4-13(14)19)15-11(9-17)8-12(16)10-18-15/h2-5,8,10H,6-7,9,17H2,1H3. The maximum Gasteiger partial charge on any atom is 0.141 e. The Labute approximate surface area is 117 Å². The van der Waals surface area contributed by atoms with Crippen LogP contribution >= 0.6 is 0 Å². The van der Waals surface area contributed by atoms with Gasteiger partial charge in [0.2, 0.25) is 0 Å². The Morgan fingerprint density at radius 2 is 2.00 bits per heavy atom. The minimum Gasteiger partial charge on any atom is -0.371 e. The van der Waals surface area contributed by atoms with Crippen LogP contribution in [0, 0.1) is 5.82 Å². The molecule has 0 fully saturated rings. The summed E-state index contributed by atoms with van der Waals surface area (Å²) in [4.78, 5) is 8.56. The minimum atomic E-state index is -0.350. The second kappa shape index (κ2) is 5.09. The fraction of sp³-hybridized carbons (Fsp3) is 0.267. The zero-order valence-electron chi connectivity index (χ0n) is 11.4. The van der Waals surface area contributed by atoms with Crippen molar-refractivity contribution < 1.29 is 4.39 Å². The fourth-order valence-electron chi connectivity index (χ4n) is 2.59. The summed E-state index contributed by atoms with van der Waals surface area (Å²) in [7, 11) is 2.07. The van der Waals surface area contributed by atoms with Gasteiger partial charge in [-0.25, -0.2) is 9.37 Å². The van der Waals surface area contributed by atoms with Crippen molar-refractivity contribution in [3.05, 3.63) is 47.9 Å². The third-order valence-corrected chi connectivity index (χ3v) is 3.63. The molecular formula is C15H17FN4. The van der Waals surface area contributed by atoms with E-state index in [0.717, 1.165) is 35.8 Å². The van der Waals surface area contributed by atoms with E-state index in [9.17, 15) is 4.39 Å². The van der Waals surface area contributed by atoms with Gasteiger partial charge in [0.25, 0.3) is 0 Å². The number of halogens is 1. The number of para-hydroxylation sites is 2. The largest absolute Gasteiger partial charge is 0.371 e. The maximum absolute atomic E-state index is 13.3. The van der Waals surface area contributed by atoms with Crippen molar-refractivity contribution in [2.45, 2.75) is 6.54 Å². The first kappa shape index (κ1) is 12.9. The first-order valence-corrected chi connectivity index (χ1v) is 6.63. The molecule has 0 saturated carbocycles. The Balaban J connectivity index is 2.10. The van der Waals surface area contributed by atoms with Crippen molar-refractivity contribution in [3.8, 4) is 0 Å². The molecule has 0 radical (unpaired) electrons. The predicted octanol–water partition coefficient (Wildman–Crippen LogP) is 2.27. The molecule has 1 aromatic heterocycles. The highest BCUT2D eigenvalue weighted by molar-refractivity contribution is 5.78. The van der Waals surface area contributed by atoms with Gasteiger partial charge in [0.15, 0.2) is 0 Å². The predicted molar refractivity (Wildman–Crippen MR) is 78.8 cm³/mol. The molecule has 20 heavy (non-hydrogen) atoms.